The number of benzene rings is 3. The summed E-state index contributed by atoms with van der Waals surface area (Å²) in [6, 6.07) is 25.5. The first-order valence-electron chi connectivity index (χ1n) is 12.6. The van der Waals surface area contributed by atoms with Crippen molar-refractivity contribution in [3.63, 3.8) is 0 Å². The van der Waals surface area contributed by atoms with Crippen molar-refractivity contribution in [1.82, 2.24) is 9.88 Å². The molecule has 1 saturated heterocycles. The molecule has 0 radical (unpaired) electrons. The summed E-state index contributed by atoms with van der Waals surface area (Å²) in [6.07, 6.45) is 3.32. The van der Waals surface area contributed by atoms with Crippen LogP contribution in [0.3, 0.4) is 0 Å². The average Bonchev–Trinajstić information content (AvgIpc) is 2.89. The molecule has 0 saturated carbocycles. The molecule has 3 aromatic carbocycles. The van der Waals surface area contributed by atoms with Crippen molar-refractivity contribution in [3.05, 3.63) is 90.1 Å². The number of sulfone groups is 1. The highest BCUT2D eigenvalue weighted by atomic mass is 32.2. The molecule has 1 fully saturated rings. The number of fused-ring (bicyclic) bond motifs is 1. The van der Waals surface area contributed by atoms with Crippen LogP contribution in [0, 0.1) is 12.8 Å². The minimum absolute atomic E-state index is 0.115. The predicted octanol–water partition coefficient (Wildman–Crippen LogP) is 5.52. The van der Waals surface area contributed by atoms with Gasteiger partial charge in [0.15, 0.2) is 9.84 Å². The van der Waals surface area contributed by atoms with Gasteiger partial charge in [0.1, 0.15) is 0 Å². The van der Waals surface area contributed by atoms with E-state index in [4.69, 9.17) is 10.7 Å². The zero-order valence-corrected chi connectivity index (χ0v) is 21.5. The maximum atomic E-state index is 13.3. The molecule has 0 aliphatic carbocycles. The quantitative estimate of drug-likeness (QED) is 0.362. The van der Waals surface area contributed by atoms with Gasteiger partial charge in [0, 0.05) is 23.2 Å². The second-order valence-corrected chi connectivity index (χ2v) is 11.9. The summed E-state index contributed by atoms with van der Waals surface area (Å²) in [5.41, 5.74) is 11.8. The normalized spacial score (nSPS) is 15.4. The molecule has 0 bridgehead atoms. The third-order valence-electron chi connectivity index (χ3n) is 7.35. The van der Waals surface area contributed by atoms with Crippen molar-refractivity contribution in [2.45, 2.75) is 31.1 Å². The number of nitrogens with two attached hydrogens (primary N) is 1. The van der Waals surface area contributed by atoms with Gasteiger partial charge in [-0.25, -0.2) is 8.42 Å². The van der Waals surface area contributed by atoms with Gasteiger partial charge in [0.05, 0.1) is 21.9 Å². The first-order chi connectivity index (χ1) is 17.4. The molecule has 36 heavy (non-hydrogen) atoms. The van der Waals surface area contributed by atoms with E-state index in [1.807, 2.05) is 37.3 Å². The zero-order chi connectivity index (χ0) is 25.1. The Labute approximate surface area is 213 Å². The molecule has 0 atom stereocenters. The molecule has 4 aromatic rings. The average molecular weight is 500 g/mol. The lowest BCUT2D eigenvalue weighted by Crippen LogP contribution is -2.37. The second-order valence-electron chi connectivity index (χ2n) is 9.82. The Morgan fingerprint density at radius 1 is 0.944 bits per heavy atom. The Kier molecular flexibility index (Phi) is 7.08. The summed E-state index contributed by atoms with van der Waals surface area (Å²) in [5.74, 6) is 0.783. The summed E-state index contributed by atoms with van der Waals surface area (Å²) in [5, 5.41) is 0.877. The highest BCUT2D eigenvalue weighted by Gasteiger charge is 2.23. The molecular weight excluding hydrogens is 466 g/mol. The van der Waals surface area contributed by atoms with Crippen molar-refractivity contribution >= 4 is 26.4 Å². The number of piperidine rings is 1. The van der Waals surface area contributed by atoms with Crippen LogP contribution in [0.1, 0.15) is 24.1 Å². The van der Waals surface area contributed by atoms with E-state index in [1.165, 1.54) is 5.56 Å². The lowest BCUT2D eigenvalue weighted by atomic mass is 9.90. The Morgan fingerprint density at radius 3 is 2.44 bits per heavy atom. The van der Waals surface area contributed by atoms with Crippen molar-refractivity contribution in [3.8, 4) is 11.1 Å². The number of para-hydroxylation sites is 1. The van der Waals surface area contributed by atoms with Gasteiger partial charge >= 0.3 is 0 Å². The second kappa shape index (κ2) is 10.4. The van der Waals surface area contributed by atoms with Crippen LogP contribution in [-0.2, 0) is 16.3 Å². The highest BCUT2D eigenvalue weighted by molar-refractivity contribution is 7.91. The molecular formula is C30H33N3O2S. The van der Waals surface area contributed by atoms with E-state index < -0.39 is 9.84 Å². The first-order valence-corrected chi connectivity index (χ1v) is 14.3. The Hall–Kier alpha value is -3.22. The fourth-order valence-corrected chi connectivity index (χ4v) is 6.63. The number of rotatable bonds is 7. The molecule has 0 unspecified atom stereocenters. The Bertz CT molecular complexity index is 1460. The number of nitrogens with zero attached hydrogens (tertiary/aromatic N) is 2. The number of aromatic nitrogens is 1. The first kappa shape index (κ1) is 24.5. The van der Waals surface area contributed by atoms with Crippen LogP contribution >= 0.6 is 0 Å². The lowest BCUT2D eigenvalue weighted by molar-refractivity contribution is 0.193. The van der Waals surface area contributed by atoms with Gasteiger partial charge in [-0.05, 0) is 74.5 Å². The van der Waals surface area contributed by atoms with E-state index in [1.54, 1.807) is 18.2 Å². The molecule has 186 valence electrons. The summed E-state index contributed by atoms with van der Waals surface area (Å²) in [7, 11) is -3.42. The molecule has 0 spiro atoms. The summed E-state index contributed by atoms with van der Waals surface area (Å²) in [6.45, 7) is 4.38. The van der Waals surface area contributed by atoms with Crippen molar-refractivity contribution in [1.29, 1.82) is 0 Å². The fraction of sp³-hybridized carbons (Fsp3) is 0.300. The number of nitrogen functional groups attached to an aromatic ring is 1. The van der Waals surface area contributed by atoms with Crippen LogP contribution in [-0.4, -0.2) is 43.7 Å². The van der Waals surface area contributed by atoms with Crippen LogP contribution in [0.5, 0.6) is 0 Å². The van der Waals surface area contributed by atoms with E-state index in [-0.39, 0.29) is 5.75 Å². The van der Waals surface area contributed by atoms with Crippen molar-refractivity contribution in [2.75, 3.05) is 31.1 Å². The third-order valence-corrected chi connectivity index (χ3v) is 9.04. The molecule has 2 heterocycles. The number of likely N-dealkylation sites (tertiary alicyclic amines) is 1. The predicted molar refractivity (Wildman–Crippen MR) is 148 cm³/mol. The monoisotopic (exact) mass is 499 g/mol. The van der Waals surface area contributed by atoms with Gasteiger partial charge in [-0.1, -0.05) is 60.7 Å². The molecule has 1 aromatic heterocycles. The van der Waals surface area contributed by atoms with Crippen molar-refractivity contribution in [2.24, 2.45) is 5.92 Å². The van der Waals surface area contributed by atoms with Crippen LogP contribution in [0.25, 0.3) is 22.0 Å². The largest absolute Gasteiger partial charge is 0.398 e. The number of hydrogen-bond acceptors (Lipinski definition) is 5. The number of aryl methyl sites for hydroxylation is 1. The molecule has 0 amide bonds. The molecule has 6 heteroatoms. The van der Waals surface area contributed by atoms with Gasteiger partial charge in [0.2, 0.25) is 0 Å². The zero-order valence-electron chi connectivity index (χ0n) is 20.7. The van der Waals surface area contributed by atoms with Gasteiger partial charge in [0.25, 0.3) is 0 Å². The molecule has 5 nitrogen and oxygen atoms in total. The van der Waals surface area contributed by atoms with Gasteiger partial charge in [-0.15, -0.1) is 0 Å². The van der Waals surface area contributed by atoms with E-state index in [0.29, 0.717) is 23.0 Å². The van der Waals surface area contributed by atoms with E-state index in [9.17, 15) is 8.42 Å². The van der Waals surface area contributed by atoms with Gasteiger partial charge in [-0.2, -0.15) is 0 Å². The standard InChI is InChI=1S/C30H33N3O2S/c1-22-29(30(31)27-12-5-6-13-28(27)32-22)25-10-7-11-26(21-25)36(34,35)19-18-33-16-14-24(15-17-33)20-23-8-3-2-4-9-23/h2-13,21,24H,14-20H2,1H3,(H2,31,32). The van der Waals surface area contributed by atoms with E-state index in [0.717, 1.165) is 60.1 Å². The van der Waals surface area contributed by atoms with E-state index >= 15 is 0 Å². The summed E-state index contributed by atoms with van der Waals surface area (Å²) < 4.78 is 26.5. The van der Waals surface area contributed by atoms with Crippen molar-refractivity contribution < 1.29 is 8.42 Å². The molecule has 1 aliphatic rings. The highest BCUT2D eigenvalue weighted by Crippen LogP contribution is 2.35. The molecule has 1 aliphatic heterocycles. The number of pyridine rings is 1. The smallest absolute Gasteiger partial charge is 0.179 e. The summed E-state index contributed by atoms with van der Waals surface area (Å²) in [4.78, 5) is 7.33. The summed E-state index contributed by atoms with van der Waals surface area (Å²) >= 11 is 0. The Balaban J connectivity index is 1.26. The molecule has 2 N–H and O–H groups in total. The number of anilines is 1. The maximum Gasteiger partial charge on any atom is 0.179 e. The van der Waals surface area contributed by atoms with Crippen LogP contribution < -0.4 is 5.73 Å². The van der Waals surface area contributed by atoms with Gasteiger partial charge in [-0.3, -0.25) is 4.98 Å². The van der Waals surface area contributed by atoms with E-state index in [2.05, 4.69) is 35.2 Å². The minimum Gasteiger partial charge on any atom is -0.398 e. The molecule has 5 rings (SSSR count). The van der Waals surface area contributed by atoms with Crippen LogP contribution in [0.4, 0.5) is 5.69 Å². The number of hydrogen-bond donors (Lipinski definition) is 1. The topological polar surface area (TPSA) is 76.3 Å². The SMILES string of the molecule is Cc1nc2ccccc2c(N)c1-c1cccc(S(=O)(=O)CCN2CCC(Cc3ccccc3)CC2)c1. The fourth-order valence-electron chi connectivity index (χ4n) is 5.30. The minimum atomic E-state index is -3.42. The lowest BCUT2D eigenvalue weighted by Gasteiger charge is -2.32. The van der Waals surface area contributed by atoms with Gasteiger partial charge < -0.3 is 10.6 Å². The maximum absolute atomic E-state index is 13.3. The Morgan fingerprint density at radius 2 is 1.67 bits per heavy atom. The third kappa shape index (κ3) is 5.30. The van der Waals surface area contributed by atoms with Crippen LogP contribution in [0.2, 0.25) is 0 Å². The van der Waals surface area contributed by atoms with Crippen LogP contribution in [0.15, 0.2) is 83.8 Å².